The molecule has 2 aliphatic rings. The van der Waals surface area contributed by atoms with E-state index in [0.717, 1.165) is 37.6 Å². The van der Waals surface area contributed by atoms with Gasteiger partial charge in [-0.05, 0) is 38.8 Å². The lowest BCUT2D eigenvalue weighted by atomic mass is 9.98. The highest BCUT2D eigenvalue weighted by Gasteiger charge is 2.23. The average molecular weight is 341 g/mol. The molecule has 3 heterocycles. The molecule has 2 unspecified atom stereocenters. The molecule has 0 aliphatic carbocycles. The summed E-state index contributed by atoms with van der Waals surface area (Å²) in [5.41, 5.74) is 2.43. The van der Waals surface area contributed by atoms with Gasteiger partial charge in [-0.15, -0.1) is 0 Å². The van der Waals surface area contributed by atoms with Crippen molar-refractivity contribution in [2.45, 2.75) is 58.2 Å². The fourth-order valence-corrected chi connectivity index (χ4v) is 3.99. The van der Waals surface area contributed by atoms with Crippen molar-refractivity contribution in [3.05, 3.63) is 41.5 Å². The van der Waals surface area contributed by atoms with Crippen LogP contribution in [0.15, 0.2) is 24.5 Å². The molecule has 0 saturated heterocycles. The van der Waals surface area contributed by atoms with Gasteiger partial charge >= 0.3 is 0 Å². The van der Waals surface area contributed by atoms with Crippen molar-refractivity contribution in [2.24, 2.45) is 0 Å². The molecule has 0 spiro atoms. The number of aromatic nitrogens is 2. The van der Waals surface area contributed by atoms with Crippen molar-refractivity contribution < 1.29 is 9.47 Å². The Balaban J connectivity index is 1.44. The van der Waals surface area contributed by atoms with Gasteiger partial charge in [0.25, 0.3) is 0 Å². The zero-order valence-corrected chi connectivity index (χ0v) is 15.1. The van der Waals surface area contributed by atoms with Gasteiger partial charge in [-0.3, -0.25) is 0 Å². The van der Waals surface area contributed by atoms with Crippen LogP contribution in [0.25, 0.3) is 0 Å². The molecule has 2 aliphatic heterocycles. The Kier molecular flexibility index (Phi) is 4.66. The van der Waals surface area contributed by atoms with Crippen molar-refractivity contribution in [1.82, 2.24) is 14.9 Å². The van der Waals surface area contributed by atoms with Crippen LogP contribution < -0.4 is 14.8 Å². The van der Waals surface area contributed by atoms with Crippen LogP contribution in [0.2, 0.25) is 0 Å². The summed E-state index contributed by atoms with van der Waals surface area (Å²) in [5, 5.41) is 3.61. The van der Waals surface area contributed by atoms with Crippen LogP contribution in [-0.4, -0.2) is 28.8 Å². The second kappa shape index (κ2) is 7.08. The predicted octanol–water partition coefficient (Wildman–Crippen LogP) is 3.27. The first-order valence-electron chi connectivity index (χ1n) is 9.41. The number of hydrogen-bond acceptors (Lipinski definition) is 4. The van der Waals surface area contributed by atoms with Crippen molar-refractivity contribution >= 4 is 0 Å². The van der Waals surface area contributed by atoms with Crippen molar-refractivity contribution in [3.8, 4) is 11.5 Å². The summed E-state index contributed by atoms with van der Waals surface area (Å²) in [7, 11) is 0. The molecule has 1 aromatic heterocycles. The van der Waals surface area contributed by atoms with Crippen LogP contribution in [0.5, 0.6) is 11.5 Å². The first-order valence-corrected chi connectivity index (χ1v) is 9.41. The first kappa shape index (κ1) is 16.5. The van der Waals surface area contributed by atoms with Crippen LogP contribution >= 0.6 is 0 Å². The van der Waals surface area contributed by atoms with Gasteiger partial charge < -0.3 is 19.4 Å². The summed E-state index contributed by atoms with van der Waals surface area (Å²) in [6.45, 7) is 7.66. The molecule has 4 rings (SSSR count). The summed E-state index contributed by atoms with van der Waals surface area (Å²) >= 11 is 0. The van der Waals surface area contributed by atoms with Crippen LogP contribution in [0.4, 0.5) is 0 Å². The largest absolute Gasteiger partial charge is 0.494 e. The number of hydrogen-bond donors (Lipinski definition) is 1. The summed E-state index contributed by atoms with van der Waals surface area (Å²) in [5.74, 6) is 3.71. The molecule has 5 heteroatoms. The lowest BCUT2D eigenvalue weighted by Crippen LogP contribution is -2.26. The molecule has 0 bridgehead atoms. The fourth-order valence-electron chi connectivity index (χ4n) is 3.99. The third-order valence-electron chi connectivity index (χ3n) is 5.15. The fraction of sp³-hybridized carbons (Fsp3) is 0.550. The Morgan fingerprint density at radius 1 is 1.40 bits per heavy atom. The lowest BCUT2D eigenvalue weighted by molar-refractivity contribution is 0.254. The zero-order valence-electron chi connectivity index (χ0n) is 15.1. The van der Waals surface area contributed by atoms with Crippen LogP contribution in [0.3, 0.4) is 0 Å². The van der Waals surface area contributed by atoms with Gasteiger partial charge in [-0.2, -0.15) is 0 Å². The number of ether oxygens (including phenoxy) is 2. The smallest absolute Gasteiger partial charge is 0.124 e. The molecular formula is C20H27N3O2. The summed E-state index contributed by atoms with van der Waals surface area (Å²) in [4.78, 5) is 4.54. The maximum atomic E-state index is 5.92. The predicted molar refractivity (Wildman–Crippen MR) is 97.3 cm³/mol. The molecule has 1 aromatic carbocycles. The molecule has 0 saturated carbocycles. The third-order valence-corrected chi connectivity index (χ3v) is 5.15. The van der Waals surface area contributed by atoms with Gasteiger partial charge in [0.1, 0.15) is 23.4 Å². The van der Waals surface area contributed by atoms with E-state index in [9.17, 15) is 0 Å². The number of nitrogens with one attached hydrogen (secondary N) is 1. The minimum atomic E-state index is 0.258. The van der Waals surface area contributed by atoms with Gasteiger partial charge in [0.05, 0.1) is 6.61 Å². The molecule has 1 N–H and O–H groups in total. The van der Waals surface area contributed by atoms with Gasteiger partial charge in [-0.1, -0.05) is 0 Å². The molecule has 0 amide bonds. The monoisotopic (exact) mass is 341 g/mol. The first-order chi connectivity index (χ1) is 12.2. The summed E-state index contributed by atoms with van der Waals surface area (Å²) < 4.78 is 14.1. The standard InChI is InChI=1S/C20H27N3O2/c1-3-24-18-10-16-9-14(2)25-19(16)11-17(18)13-21-12-15-5-4-7-23-8-6-22-20(15)23/h6,8,10-11,14-15,21H,3-5,7,9,12-13H2,1-2H3. The van der Waals surface area contributed by atoms with Crippen LogP contribution in [-0.2, 0) is 19.5 Å². The van der Waals surface area contributed by atoms with E-state index in [1.165, 1.54) is 29.8 Å². The zero-order chi connectivity index (χ0) is 17.2. The second-order valence-electron chi connectivity index (χ2n) is 7.08. The summed E-state index contributed by atoms with van der Waals surface area (Å²) in [6.07, 6.45) is 7.66. The van der Waals surface area contributed by atoms with Gasteiger partial charge in [0.15, 0.2) is 0 Å². The van der Waals surface area contributed by atoms with E-state index in [-0.39, 0.29) is 6.10 Å². The van der Waals surface area contributed by atoms with E-state index in [0.29, 0.717) is 12.5 Å². The highest BCUT2D eigenvalue weighted by Crippen LogP contribution is 2.35. The lowest BCUT2D eigenvalue weighted by Gasteiger charge is -2.24. The van der Waals surface area contributed by atoms with Gasteiger partial charge in [0.2, 0.25) is 0 Å². The maximum Gasteiger partial charge on any atom is 0.124 e. The van der Waals surface area contributed by atoms with E-state index in [2.05, 4.69) is 40.1 Å². The molecule has 134 valence electrons. The number of nitrogens with zero attached hydrogens (tertiary/aromatic N) is 2. The Hall–Kier alpha value is -2.01. The van der Waals surface area contributed by atoms with Crippen molar-refractivity contribution in [1.29, 1.82) is 0 Å². The Morgan fingerprint density at radius 2 is 2.32 bits per heavy atom. The van der Waals surface area contributed by atoms with E-state index in [4.69, 9.17) is 9.47 Å². The Bertz CT molecular complexity index is 741. The molecule has 0 radical (unpaired) electrons. The topological polar surface area (TPSA) is 48.3 Å². The minimum Gasteiger partial charge on any atom is -0.494 e. The highest BCUT2D eigenvalue weighted by atomic mass is 16.5. The third kappa shape index (κ3) is 3.38. The summed E-state index contributed by atoms with van der Waals surface area (Å²) in [6, 6.07) is 4.31. The molecule has 5 nitrogen and oxygen atoms in total. The number of fused-ring (bicyclic) bond motifs is 2. The molecule has 2 atom stereocenters. The minimum absolute atomic E-state index is 0.258. The Morgan fingerprint density at radius 3 is 3.20 bits per heavy atom. The second-order valence-corrected chi connectivity index (χ2v) is 7.08. The van der Waals surface area contributed by atoms with Crippen LogP contribution in [0, 0.1) is 0 Å². The number of aryl methyl sites for hydroxylation is 1. The number of imidazole rings is 1. The average Bonchev–Trinajstić information content (AvgIpc) is 3.21. The number of rotatable bonds is 6. The van der Waals surface area contributed by atoms with E-state index in [1.54, 1.807) is 0 Å². The van der Waals surface area contributed by atoms with Gasteiger partial charge in [-0.25, -0.2) is 4.98 Å². The van der Waals surface area contributed by atoms with Crippen molar-refractivity contribution in [2.75, 3.05) is 13.2 Å². The van der Waals surface area contributed by atoms with E-state index in [1.807, 2.05) is 13.1 Å². The Labute approximate surface area is 149 Å². The molecule has 25 heavy (non-hydrogen) atoms. The van der Waals surface area contributed by atoms with Crippen molar-refractivity contribution in [3.63, 3.8) is 0 Å². The maximum absolute atomic E-state index is 5.92. The van der Waals surface area contributed by atoms with Gasteiger partial charge in [0, 0.05) is 55.5 Å². The van der Waals surface area contributed by atoms with E-state index >= 15 is 0 Å². The van der Waals surface area contributed by atoms with E-state index < -0.39 is 0 Å². The number of benzene rings is 1. The SMILES string of the molecule is CCOc1cc2c(cc1CNCC1CCCn3ccnc31)OC(C)C2. The quantitative estimate of drug-likeness (QED) is 0.876. The highest BCUT2D eigenvalue weighted by molar-refractivity contribution is 5.48. The molecular weight excluding hydrogens is 314 g/mol. The normalized spacial score (nSPS) is 21.5. The molecule has 2 aromatic rings. The van der Waals surface area contributed by atoms with Crippen LogP contribution in [0.1, 0.15) is 49.6 Å². The molecule has 0 fully saturated rings.